The third-order valence-electron chi connectivity index (χ3n) is 4.25. The minimum absolute atomic E-state index is 0.182. The summed E-state index contributed by atoms with van der Waals surface area (Å²) in [5.41, 5.74) is 2.55. The van der Waals surface area contributed by atoms with E-state index in [1.165, 1.54) is 24.5 Å². The second-order valence-corrected chi connectivity index (χ2v) is 6.10. The lowest BCUT2D eigenvalue weighted by Gasteiger charge is -2.21. The second-order valence-electron chi connectivity index (χ2n) is 6.10. The molecule has 0 saturated carbocycles. The monoisotopic (exact) mass is 379 g/mol. The van der Waals surface area contributed by atoms with E-state index in [2.05, 4.69) is 39.3 Å². The first kappa shape index (κ1) is 19.3. The maximum atomic E-state index is 13.3. The molecule has 1 heterocycles. The molecule has 0 aliphatic carbocycles. The Kier molecular flexibility index (Phi) is 6.16. The highest BCUT2D eigenvalue weighted by Gasteiger charge is 2.10. The largest absolute Gasteiger partial charge is 0.372 e. The Morgan fingerprint density at radius 2 is 1.75 bits per heavy atom. The molecule has 3 aromatic rings. The first-order valence-electron chi connectivity index (χ1n) is 9.10. The zero-order valence-electron chi connectivity index (χ0n) is 15.8. The molecular formula is C21H22FN5O. The number of benzene rings is 2. The molecule has 0 radical (unpaired) electrons. The van der Waals surface area contributed by atoms with Crippen LogP contribution < -0.4 is 15.5 Å². The lowest BCUT2D eigenvalue weighted by molar-refractivity contribution is 0.102. The molecule has 0 saturated heterocycles. The molecule has 2 aromatic carbocycles. The van der Waals surface area contributed by atoms with E-state index in [1.54, 1.807) is 12.1 Å². The molecule has 1 aromatic heterocycles. The molecule has 7 heteroatoms. The molecular weight excluding hydrogens is 357 g/mol. The number of amides is 1. The Bertz CT molecular complexity index is 942. The van der Waals surface area contributed by atoms with Crippen LogP contribution in [0, 0.1) is 5.82 Å². The highest BCUT2D eigenvalue weighted by molar-refractivity contribution is 6.03. The lowest BCUT2D eigenvalue weighted by atomic mass is 10.2. The van der Waals surface area contributed by atoms with Gasteiger partial charge in [-0.05, 0) is 56.3 Å². The van der Waals surface area contributed by atoms with Gasteiger partial charge in [0.15, 0.2) is 0 Å². The maximum Gasteiger partial charge on any atom is 0.274 e. The SMILES string of the molecule is CCN(CC)c1ccc(Nc2cc(C(=O)Nc3cccc(F)c3)ncn2)cc1. The van der Waals surface area contributed by atoms with Crippen LogP contribution in [0.5, 0.6) is 0 Å². The third-order valence-corrected chi connectivity index (χ3v) is 4.25. The molecule has 144 valence electrons. The molecule has 0 spiro atoms. The molecule has 2 N–H and O–H groups in total. The van der Waals surface area contributed by atoms with Gasteiger partial charge in [0.05, 0.1) is 0 Å². The fourth-order valence-corrected chi connectivity index (χ4v) is 2.80. The van der Waals surface area contributed by atoms with Crippen molar-refractivity contribution in [1.29, 1.82) is 0 Å². The minimum Gasteiger partial charge on any atom is -0.372 e. The topological polar surface area (TPSA) is 70.2 Å². The van der Waals surface area contributed by atoms with Gasteiger partial charge in [0.25, 0.3) is 5.91 Å². The van der Waals surface area contributed by atoms with E-state index in [9.17, 15) is 9.18 Å². The number of aromatic nitrogens is 2. The van der Waals surface area contributed by atoms with Crippen LogP contribution in [0.15, 0.2) is 60.9 Å². The van der Waals surface area contributed by atoms with Gasteiger partial charge in [-0.3, -0.25) is 4.79 Å². The van der Waals surface area contributed by atoms with E-state index in [-0.39, 0.29) is 5.69 Å². The zero-order chi connectivity index (χ0) is 19.9. The Hall–Kier alpha value is -3.48. The van der Waals surface area contributed by atoms with Gasteiger partial charge in [-0.25, -0.2) is 14.4 Å². The Morgan fingerprint density at radius 3 is 2.43 bits per heavy atom. The van der Waals surface area contributed by atoms with Gasteiger partial charge in [-0.1, -0.05) is 6.07 Å². The molecule has 0 unspecified atom stereocenters. The van der Waals surface area contributed by atoms with Crippen LogP contribution >= 0.6 is 0 Å². The van der Waals surface area contributed by atoms with E-state index in [4.69, 9.17) is 0 Å². The van der Waals surface area contributed by atoms with E-state index in [0.29, 0.717) is 11.5 Å². The smallest absolute Gasteiger partial charge is 0.274 e. The van der Waals surface area contributed by atoms with E-state index in [0.717, 1.165) is 24.5 Å². The molecule has 1 amide bonds. The first-order chi connectivity index (χ1) is 13.6. The van der Waals surface area contributed by atoms with Crippen molar-refractivity contribution in [3.8, 4) is 0 Å². The molecule has 0 fully saturated rings. The zero-order valence-corrected chi connectivity index (χ0v) is 15.8. The van der Waals surface area contributed by atoms with Crippen LogP contribution in [0.4, 0.5) is 27.3 Å². The third kappa shape index (κ3) is 4.82. The summed E-state index contributed by atoms with van der Waals surface area (Å²) in [4.78, 5) is 22.8. The molecule has 0 atom stereocenters. The van der Waals surface area contributed by atoms with Crippen molar-refractivity contribution in [2.75, 3.05) is 28.6 Å². The van der Waals surface area contributed by atoms with Crippen molar-refractivity contribution in [3.63, 3.8) is 0 Å². The van der Waals surface area contributed by atoms with Crippen LogP contribution in [0.3, 0.4) is 0 Å². The number of halogens is 1. The number of hydrogen-bond donors (Lipinski definition) is 2. The standard InChI is InChI=1S/C21H22FN5O/c1-3-27(4-2)18-10-8-16(9-11-18)25-20-13-19(23-14-24-20)21(28)26-17-7-5-6-15(22)12-17/h5-14H,3-4H2,1-2H3,(H,26,28)(H,23,24,25). The summed E-state index contributed by atoms with van der Waals surface area (Å²) in [6.07, 6.45) is 1.31. The van der Waals surface area contributed by atoms with Crippen molar-refractivity contribution in [3.05, 3.63) is 72.4 Å². The van der Waals surface area contributed by atoms with Crippen LogP contribution in [0.1, 0.15) is 24.3 Å². The molecule has 6 nitrogen and oxygen atoms in total. The van der Waals surface area contributed by atoms with Gasteiger partial charge in [0.2, 0.25) is 0 Å². The predicted molar refractivity (Wildman–Crippen MR) is 110 cm³/mol. The summed E-state index contributed by atoms with van der Waals surface area (Å²) in [7, 11) is 0. The van der Waals surface area contributed by atoms with Crippen molar-refractivity contribution in [2.24, 2.45) is 0 Å². The molecule has 3 rings (SSSR count). The lowest BCUT2D eigenvalue weighted by Crippen LogP contribution is -2.21. The fraction of sp³-hybridized carbons (Fsp3) is 0.190. The summed E-state index contributed by atoms with van der Waals surface area (Å²) in [6.45, 7) is 6.12. The van der Waals surface area contributed by atoms with Crippen LogP contribution in [-0.2, 0) is 0 Å². The van der Waals surface area contributed by atoms with E-state index < -0.39 is 11.7 Å². The molecule has 0 aliphatic heterocycles. The number of rotatable bonds is 7. The Balaban J connectivity index is 1.70. The summed E-state index contributed by atoms with van der Waals surface area (Å²) in [5.74, 6) is -0.362. The number of nitrogens with one attached hydrogen (secondary N) is 2. The van der Waals surface area contributed by atoms with Crippen LogP contribution in [0.25, 0.3) is 0 Å². The maximum absolute atomic E-state index is 13.3. The van der Waals surface area contributed by atoms with Crippen molar-refractivity contribution < 1.29 is 9.18 Å². The fourth-order valence-electron chi connectivity index (χ4n) is 2.80. The quantitative estimate of drug-likeness (QED) is 0.634. The van der Waals surface area contributed by atoms with E-state index in [1.807, 2.05) is 24.3 Å². The van der Waals surface area contributed by atoms with Crippen molar-refractivity contribution in [1.82, 2.24) is 9.97 Å². The number of hydrogen-bond acceptors (Lipinski definition) is 5. The Morgan fingerprint density at radius 1 is 1.00 bits per heavy atom. The minimum atomic E-state index is -0.437. The van der Waals surface area contributed by atoms with Gasteiger partial charge in [-0.15, -0.1) is 0 Å². The number of carbonyl (C=O) groups excluding carboxylic acids is 1. The highest BCUT2D eigenvalue weighted by Crippen LogP contribution is 2.20. The normalized spacial score (nSPS) is 10.4. The number of anilines is 4. The summed E-state index contributed by atoms with van der Waals surface area (Å²) < 4.78 is 13.3. The van der Waals surface area contributed by atoms with Gasteiger partial charge in [0, 0.05) is 36.2 Å². The van der Waals surface area contributed by atoms with Crippen molar-refractivity contribution in [2.45, 2.75) is 13.8 Å². The van der Waals surface area contributed by atoms with E-state index >= 15 is 0 Å². The first-order valence-corrected chi connectivity index (χ1v) is 9.10. The van der Waals surface area contributed by atoms with Gasteiger partial charge < -0.3 is 15.5 Å². The predicted octanol–water partition coefficient (Wildman–Crippen LogP) is 4.46. The van der Waals surface area contributed by atoms with Crippen LogP contribution in [-0.4, -0.2) is 29.0 Å². The van der Waals surface area contributed by atoms with Crippen LogP contribution in [0.2, 0.25) is 0 Å². The van der Waals surface area contributed by atoms with Gasteiger partial charge in [-0.2, -0.15) is 0 Å². The second kappa shape index (κ2) is 8.94. The average molecular weight is 379 g/mol. The van der Waals surface area contributed by atoms with Gasteiger partial charge in [0.1, 0.15) is 23.7 Å². The highest BCUT2D eigenvalue weighted by atomic mass is 19.1. The number of carbonyl (C=O) groups is 1. The molecule has 0 aliphatic rings. The summed E-state index contributed by atoms with van der Waals surface area (Å²) in [6, 6.07) is 15.2. The summed E-state index contributed by atoms with van der Waals surface area (Å²) in [5, 5.41) is 5.79. The van der Waals surface area contributed by atoms with Gasteiger partial charge >= 0.3 is 0 Å². The Labute approximate surface area is 163 Å². The number of nitrogens with zero attached hydrogens (tertiary/aromatic N) is 3. The molecule has 0 bridgehead atoms. The average Bonchev–Trinajstić information content (AvgIpc) is 2.70. The van der Waals surface area contributed by atoms with Crippen molar-refractivity contribution >= 4 is 28.8 Å². The molecule has 28 heavy (non-hydrogen) atoms. The summed E-state index contributed by atoms with van der Waals surface area (Å²) >= 11 is 0.